The number of aryl methyl sites for hydroxylation is 1. The number of rotatable bonds is 5. The maximum Gasteiger partial charge on any atom is 0.246 e. The molecule has 0 unspecified atom stereocenters. The van der Waals surface area contributed by atoms with E-state index in [9.17, 15) is 8.42 Å². The largest absolute Gasteiger partial charge is 0.495 e. The van der Waals surface area contributed by atoms with Gasteiger partial charge in [0.25, 0.3) is 0 Å². The molecular weight excluding hydrogens is 398 g/mol. The van der Waals surface area contributed by atoms with Gasteiger partial charge in [0.2, 0.25) is 10.0 Å². The summed E-state index contributed by atoms with van der Waals surface area (Å²) in [6, 6.07) is 12.7. The van der Waals surface area contributed by atoms with Crippen LogP contribution in [0.1, 0.15) is 5.56 Å². The Hall–Kier alpha value is -2.20. The van der Waals surface area contributed by atoms with Gasteiger partial charge in [0.05, 0.1) is 20.3 Å². The van der Waals surface area contributed by atoms with Crippen LogP contribution in [0.5, 0.6) is 5.75 Å². The maximum absolute atomic E-state index is 13.0. The molecule has 0 aliphatic carbocycles. The van der Waals surface area contributed by atoms with Gasteiger partial charge in [-0.05, 0) is 49.5 Å². The highest BCUT2D eigenvalue weighted by Crippen LogP contribution is 2.30. The van der Waals surface area contributed by atoms with Gasteiger partial charge in [0.1, 0.15) is 10.6 Å². The lowest BCUT2D eigenvalue weighted by atomic mass is 10.2. The molecule has 2 aromatic rings. The molecule has 0 radical (unpaired) electrons. The van der Waals surface area contributed by atoms with Gasteiger partial charge >= 0.3 is 0 Å². The van der Waals surface area contributed by atoms with Gasteiger partial charge in [-0.1, -0.05) is 17.7 Å². The van der Waals surface area contributed by atoms with Gasteiger partial charge in [-0.2, -0.15) is 4.31 Å². The quantitative estimate of drug-likeness (QED) is 0.719. The average Bonchev–Trinajstić information content (AvgIpc) is 2.70. The lowest BCUT2D eigenvalue weighted by Gasteiger charge is -2.27. The third kappa shape index (κ3) is 4.79. The monoisotopic (exact) mass is 421 g/mol. The van der Waals surface area contributed by atoms with Crippen molar-refractivity contribution in [3.05, 3.63) is 48.0 Å². The molecule has 1 aliphatic heterocycles. The Bertz CT molecular complexity index is 940. The third-order valence-electron chi connectivity index (χ3n) is 4.32. The Morgan fingerprint density at radius 2 is 1.68 bits per heavy atom. The number of ether oxygens (including phenoxy) is 2. The molecule has 0 bridgehead atoms. The van der Waals surface area contributed by atoms with E-state index >= 15 is 0 Å². The van der Waals surface area contributed by atoms with Crippen molar-refractivity contribution in [1.82, 2.24) is 4.31 Å². The highest BCUT2D eigenvalue weighted by Gasteiger charge is 2.29. The van der Waals surface area contributed by atoms with Crippen molar-refractivity contribution in [2.75, 3.05) is 44.0 Å². The fourth-order valence-corrected chi connectivity index (χ4v) is 4.64. The van der Waals surface area contributed by atoms with E-state index < -0.39 is 10.0 Å². The van der Waals surface area contributed by atoms with Crippen LogP contribution in [-0.2, 0) is 14.8 Å². The Balaban J connectivity index is 1.80. The molecule has 7 nitrogen and oxygen atoms in total. The molecule has 28 heavy (non-hydrogen) atoms. The second-order valence-electron chi connectivity index (χ2n) is 6.33. The van der Waals surface area contributed by atoms with E-state index in [1.54, 1.807) is 12.1 Å². The normalized spacial score (nSPS) is 15.1. The predicted octanol–water partition coefficient (Wildman–Crippen LogP) is 2.83. The SMILES string of the molecule is COc1ccc(NC(=S)Nc2ccc(C)cc2)cc1S(=O)(=O)N1CCOCC1. The molecule has 1 aliphatic rings. The molecule has 0 atom stereocenters. The molecular formula is C19H23N3O4S2. The van der Waals surface area contributed by atoms with E-state index in [1.165, 1.54) is 17.5 Å². The summed E-state index contributed by atoms with van der Waals surface area (Å²) in [5.41, 5.74) is 2.55. The van der Waals surface area contributed by atoms with Crippen molar-refractivity contribution in [2.45, 2.75) is 11.8 Å². The number of sulfonamides is 1. The molecule has 2 N–H and O–H groups in total. The number of morpholine rings is 1. The first-order valence-electron chi connectivity index (χ1n) is 8.81. The van der Waals surface area contributed by atoms with Crippen LogP contribution in [-0.4, -0.2) is 51.2 Å². The van der Waals surface area contributed by atoms with Crippen LogP contribution in [0.4, 0.5) is 11.4 Å². The summed E-state index contributed by atoms with van der Waals surface area (Å²) in [4.78, 5) is 0.0973. The molecule has 0 saturated carbocycles. The summed E-state index contributed by atoms with van der Waals surface area (Å²) in [6.07, 6.45) is 0. The Morgan fingerprint density at radius 1 is 1.07 bits per heavy atom. The van der Waals surface area contributed by atoms with Crippen LogP contribution in [0.25, 0.3) is 0 Å². The van der Waals surface area contributed by atoms with Crippen LogP contribution in [0.3, 0.4) is 0 Å². The van der Waals surface area contributed by atoms with E-state index in [0.29, 0.717) is 37.1 Å². The van der Waals surface area contributed by atoms with Gasteiger partial charge in [0, 0.05) is 24.5 Å². The minimum atomic E-state index is -3.70. The van der Waals surface area contributed by atoms with E-state index in [-0.39, 0.29) is 10.6 Å². The van der Waals surface area contributed by atoms with Gasteiger partial charge in [-0.3, -0.25) is 0 Å². The smallest absolute Gasteiger partial charge is 0.246 e. The fraction of sp³-hybridized carbons (Fsp3) is 0.316. The second kappa shape index (κ2) is 8.87. The lowest BCUT2D eigenvalue weighted by Crippen LogP contribution is -2.40. The summed E-state index contributed by atoms with van der Waals surface area (Å²) in [5.74, 6) is 0.287. The van der Waals surface area contributed by atoms with Gasteiger partial charge in [-0.25, -0.2) is 8.42 Å². The predicted molar refractivity (Wildman–Crippen MR) is 114 cm³/mol. The number of thiocarbonyl (C=S) groups is 1. The van der Waals surface area contributed by atoms with Crippen molar-refractivity contribution in [3.63, 3.8) is 0 Å². The van der Waals surface area contributed by atoms with Crippen LogP contribution in [0, 0.1) is 6.92 Å². The van der Waals surface area contributed by atoms with E-state index in [0.717, 1.165) is 11.3 Å². The first kappa shape index (κ1) is 20.5. The second-order valence-corrected chi connectivity index (χ2v) is 8.64. The summed E-state index contributed by atoms with van der Waals surface area (Å²) in [5, 5.41) is 6.47. The van der Waals surface area contributed by atoms with E-state index in [1.807, 2.05) is 31.2 Å². The van der Waals surface area contributed by atoms with Gasteiger partial charge < -0.3 is 20.1 Å². The number of anilines is 2. The number of nitrogens with zero attached hydrogens (tertiary/aromatic N) is 1. The first-order chi connectivity index (χ1) is 13.4. The standard InChI is InChI=1S/C19H23N3O4S2/c1-14-3-5-15(6-4-14)20-19(27)21-16-7-8-17(25-2)18(13-16)28(23,24)22-9-11-26-12-10-22/h3-8,13H,9-12H2,1-2H3,(H2,20,21,27). The molecule has 0 spiro atoms. The van der Waals surface area contributed by atoms with Crippen LogP contribution in [0.2, 0.25) is 0 Å². The van der Waals surface area contributed by atoms with E-state index in [2.05, 4.69) is 10.6 Å². The highest BCUT2D eigenvalue weighted by molar-refractivity contribution is 7.89. The zero-order chi connectivity index (χ0) is 20.1. The number of hydrogen-bond donors (Lipinski definition) is 2. The van der Waals surface area contributed by atoms with Crippen LogP contribution in [0.15, 0.2) is 47.4 Å². The van der Waals surface area contributed by atoms with Crippen LogP contribution < -0.4 is 15.4 Å². The van der Waals surface area contributed by atoms with Crippen molar-refractivity contribution >= 4 is 38.7 Å². The number of benzene rings is 2. The van der Waals surface area contributed by atoms with E-state index in [4.69, 9.17) is 21.7 Å². The fourth-order valence-electron chi connectivity index (χ4n) is 2.81. The molecule has 1 heterocycles. The molecule has 150 valence electrons. The minimum absolute atomic E-state index is 0.0973. The lowest BCUT2D eigenvalue weighted by molar-refractivity contribution is 0.0729. The number of methoxy groups -OCH3 is 1. The molecule has 3 rings (SSSR count). The average molecular weight is 422 g/mol. The molecule has 9 heteroatoms. The highest BCUT2D eigenvalue weighted by atomic mass is 32.2. The first-order valence-corrected chi connectivity index (χ1v) is 10.7. The number of nitrogens with one attached hydrogen (secondary N) is 2. The molecule has 1 saturated heterocycles. The van der Waals surface area contributed by atoms with Crippen molar-refractivity contribution in [1.29, 1.82) is 0 Å². The molecule has 1 fully saturated rings. The number of hydrogen-bond acceptors (Lipinski definition) is 5. The van der Waals surface area contributed by atoms with Crippen LogP contribution >= 0.6 is 12.2 Å². The van der Waals surface area contributed by atoms with Crippen molar-refractivity contribution < 1.29 is 17.9 Å². The third-order valence-corrected chi connectivity index (χ3v) is 6.44. The minimum Gasteiger partial charge on any atom is -0.495 e. The summed E-state index contributed by atoms with van der Waals surface area (Å²) in [7, 11) is -2.25. The molecule has 2 aromatic carbocycles. The Kier molecular flexibility index (Phi) is 6.50. The Morgan fingerprint density at radius 3 is 2.32 bits per heavy atom. The summed E-state index contributed by atoms with van der Waals surface area (Å²) < 4.78 is 38.0. The topological polar surface area (TPSA) is 79.9 Å². The molecule has 0 amide bonds. The van der Waals surface area contributed by atoms with Gasteiger partial charge in [-0.15, -0.1) is 0 Å². The zero-order valence-electron chi connectivity index (χ0n) is 15.8. The summed E-state index contributed by atoms with van der Waals surface area (Å²) in [6.45, 7) is 3.40. The Labute approximate surface area is 170 Å². The van der Waals surface area contributed by atoms with Gasteiger partial charge in [0.15, 0.2) is 5.11 Å². The summed E-state index contributed by atoms with van der Waals surface area (Å²) >= 11 is 5.34. The van der Waals surface area contributed by atoms with Crippen molar-refractivity contribution in [3.8, 4) is 5.75 Å². The molecule has 0 aromatic heterocycles. The zero-order valence-corrected chi connectivity index (χ0v) is 17.4. The van der Waals surface area contributed by atoms with Crippen molar-refractivity contribution in [2.24, 2.45) is 0 Å². The maximum atomic E-state index is 13.0.